The molecule has 0 saturated carbocycles. The molecule has 1 amide bonds. The number of hydrogen-bond donors (Lipinski definition) is 0. The first-order valence-electron chi connectivity index (χ1n) is 9.37. The number of amides is 1. The van der Waals surface area contributed by atoms with Crippen molar-refractivity contribution in [3.8, 4) is 5.75 Å². The van der Waals surface area contributed by atoms with E-state index in [-0.39, 0.29) is 17.7 Å². The predicted molar refractivity (Wildman–Crippen MR) is 115 cm³/mol. The van der Waals surface area contributed by atoms with Crippen LogP contribution in [0.3, 0.4) is 0 Å². The van der Waals surface area contributed by atoms with Crippen molar-refractivity contribution < 1.29 is 9.53 Å². The molecule has 0 fully saturated rings. The lowest BCUT2D eigenvalue weighted by molar-refractivity contribution is -0.130. The molecule has 5 nitrogen and oxygen atoms in total. The summed E-state index contributed by atoms with van der Waals surface area (Å²) >= 11 is 1.42. The molecule has 0 spiro atoms. The maximum absolute atomic E-state index is 13.0. The van der Waals surface area contributed by atoms with Gasteiger partial charge in [-0.3, -0.25) is 4.79 Å². The summed E-state index contributed by atoms with van der Waals surface area (Å²) < 4.78 is 5.26. The summed E-state index contributed by atoms with van der Waals surface area (Å²) in [5.41, 5.74) is 3.00. The molecule has 0 N–H and O–H groups in total. The SMILES string of the molecule is COc1ccc([C@H]2CC(c3ccccc3)=NN2C(=O)CSc2ccccn2)cc1. The van der Waals surface area contributed by atoms with Crippen LogP contribution in [0.2, 0.25) is 0 Å². The van der Waals surface area contributed by atoms with Gasteiger partial charge in [0.2, 0.25) is 0 Å². The number of hydrogen-bond acceptors (Lipinski definition) is 5. The van der Waals surface area contributed by atoms with E-state index in [1.165, 1.54) is 11.8 Å². The van der Waals surface area contributed by atoms with Gasteiger partial charge in [0.15, 0.2) is 0 Å². The molecule has 0 unspecified atom stereocenters. The Morgan fingerprint density at radius 1 is 1.07 bits per heavy atom. The van der Waals surface area contributed by atoms with Gasteiger partial charge in [0.05, 0.1) is 29.6 Å². The van der Waals surface area contributed by atoms with Crippen molar-refractivity contribution in [2.24, 2.45) is 5.10 Å². The van der Waals surface area contributed by atoms with Gasteiger partial charge in [0, 0.05) is 12.6 Å². The fourth-order valence-corrected chi connectivity index (χ4v) is 3.98. The second kappa shape index (κ2) is 8.92. The van der Waals surface area contributed by atoms with Gasteiger partial charge >= 0.3 is 0 Å². The number of hydrazone groups is 1. The van der Waals surface area contributed by atoms with Crippen LogP contribution < -0.4 is 4.74 Å². The van der Waals surface area contributed by atoms with Gasteiger partial charge in [-0.2, -0.15) is 5.10 Å². The van der Waals surface area contributed by atoms with Crippen LogP contribution in [0.15, 0.2) is 89.1 Å². The number of benzene rings is 2. The maximum Gasteiger partial charge on any atom is 0.253 e. The van der Waals surface area contributed by atoms with Crippen LogP contribution in [-0.4, -0.2) is 34.5 Å². The van der Waals surface area contributed by atoms with E-state index in [9.17, 15) is 4.79 Å². The lowest BCUT2D eigenvalue weighted by atomic mass is 9.98. The Balaban J connectivity index is 1.57. The van der Waals surface area contributed by atoms with E-state index in [4.69, 9.17) is 9.84 Å². The summed E-state index contributed by atoms with van der Waals surface area (Å²) in [7, 11) is 1.64. The van der Waals surface area contributed by atoms with Crippen LogP contribution in [0.25, 0.3) is 0 Å². The summed E-state index contributed by atoms with van der Waals surface area (Å²) in [5.74, 6) is 1.04. The maximum atomic E-state index is 13.0. The largest absolute Gasteiger partial charge is 0.497 e. The minimum atomic E-state index is -0.132. The summed E-state index contributed by atoms with van der Waals surface area (Å²) in [6.07, 6.45) is 2.41. The zero-order valence-corrected chi connectivity index (χ0v) is 16.9. The summed E-state index contributed by atoms with van der Waals surface area (Å²) in [5, 5.41) is 7.16. The third-order valence-corrected chi connectivity index (χ3v) is 5.68. The Labute approximate surface area is 174 Å². The van der Waals surface area contributed by atoms with Crippen molar-refractivity contribution in [2.45, 2.75) is 17.5 Å². The Hall–Kier alpha value is -3.12. The molecule has 1 aromatic heterocycles. The molecule has 6 heteroatoms. The number of carbonyl (C=O) groups excluding carboxylic acids is 1. The average Bonchev–Trinajstić information content (AvgIpc) is 3.24. The molecule has 0 saturated heterocycles. The zero-order valence-electron chi connectivity index (χ0n) is 16.1. The zero-order chi connectivity index (χ0) is 20.1. The monoisotopic (exact) mass is 403 g/mol. The van der Waals surface area contributed by atoms with Crippen LogP contribution >= 0.6 is 11.8 Å². The molecule has 1 atom stereocenters. The van der Waals surface area contributed by atoms with Crippen LogP contribution in [0.5, 0.6) is 5.75 Å². The molecule has 4 rings (SSSR count). The lowest BCUT2D eigenvalue weighted by Crippen LogP contribution is -2.28. The molecule has 146 valence electrons. The average molecular weight is 404 g/mol. The van der Waals surface area contributed by atoms with Crippen LogP contribution in [0.1, 0.15) is 23.6 Å². The quantitative estimate of drug-likeness (QED) is 0.566. The van der Waals surface area contributed by atoms with Crippen molar-refractivity contribution in [2.75, 3.05) is 12.9 Å². The number of thioether (sulfide) groups is 1. The Bertz CT molecular complexity index is 992. The highest BCUT2D eigenvalue weighted by molar-refractivity contribution is 7.99. The fraction of sp³-hybridized carbons (Fsp3) is 0.174. The van der Waals surface area contributed by atoms with Crippen molar-refractivity contribution in [1.29, 1.82) is 0 Å². The molecule has 2 aromatic carbocycles. The standard InChI is InChI=1S/C23H21N3O2S/c1-28-19-12-10-18(11-13-19)21-15-20(17-7-3-2-4-8-17)25-26(21)23(27)16-29-22-9-5-6-14-24-22/h2-14,21H,15-16H2,1H3/t21-/m1/s1. The highest BCUT2D eigenvalue weighted by Gasteiger charge is 2.33. The number of carbonyl (C=O) groups is 1. The van der Waals surface area contributed by atoms with E-state index in [2.05, 4.69) is 4.98 Å². The Morgan fingerprint density at radius 3 is 2.52 bits per heavy atom. The topological polar surface area (TPSA) is 54.8 Å². The van der Waals surface area contributed by atoms with E-state index in [0.717, 1.165) is 27.6 Å². The molecule has 0 radical (unpaired) electrons. The van der Waals surface area contributed by atoms with Crippen molar-refractivity contribution >= 4 is 23.4 Å². The van der Waals surface area contributed by atoms with Crippen molar-refractivity contribution in [3.05, 3.63) is 90.1 Å². The minimum Gasteiger partial charge on any atom is -0.497 e. The lowest BCUT2D eigenvalue weighted by Gasteiger charge is -2.22. The Morgan fingerprint density at radius 2 is 1.83 bits per heavy atom. The first-order chi connectivity index (χ1) is 14.2. The van der Waals surface area contributed by atoms with E-state index < -0.39 is 0 Å². The number of ether oxygens (including phenoxy) is 1. The van der Waals surface area contributed by atoms with E-state index in [1.54, 1.807) is 18.3 Å². The second-order valence-corrected chi connectivity index (χ2v) is 7.60. The van der Waals surface area contributed by atoms with E-state index >= 15 is 0 Å². The second-order valence-electron chi connectivity index (χ2n) is 6.60. The van der Waals surface area contributed by atoms with Gasteiger partial charge in [0.1, 0.15) is 5.75 Å². The molecule has 29 heavy (non-hydrogen) atoms. The third-order valence-electron chi connectivity index (χ3n) is 4.75. The number of aromatic nitrogens is 1. The van der Waals surface area contributed by atoms with Crippen LogP contribution in [-0.2, 0) is 4.79 Å². The van der Waals surface area contributed by atoms with E-state index in [1.807, 2.05) is 72.8 Å². The number of pyridine rings is 1. The third kappa shape index (κ3) is 4.49. The van der Waals surface area contributed by atoms with Gasteiger partial charge in [-0.1, -0.05) is 60.3 Å². The Kier molecular flexibility index (Phi) is 5.91. The smallest absolute Gasteiger partial charge is 0.253 e. The van der Waals surface area contributed by atoms with Gasteiger partial charge in [-0.05, 0) is 35.4 Å². The van der Waals surface area contributed by atoms with E-state index in [0.29, 0.717) is 6.42 Å². The highest BCUT2D eigenvalue weighted by atomic mass is 32.2. The number of nitrogens with zero attached hydrogens (tertiary/aromatic N) is 3. The minimum absolute atomic E-state index is 0.0348. The molecular formula is C23H21N3O2S. The van der Waals surface area contributed by atoms with Gasteiger partial charge in [0.25, 0.3) is 5.91 Å². The van der Waals surface area contributed by atoms with Crippen LogP contribution in [0, 0.1) is 0 Å². The molecule has 3 aromatic rings. The summed E-state index contributed by atoms with van der Waals surface area (Å²) in [4.78, 5) is 17.3. The summed E-state index contributed by atoms with van der Waals surface area (Å²) in [6, 6.07) is 23.4. The first-order valence-corrected chi connectivity index (χ1v) is 10.4. The molecule has 0 bridgehead atoms. The first kappa shape index (κ1) is 19.2. The van der Waals surface area contributed by atoms with Gasteiger partial charge in [-0.15, -0.1) is 0 Å². The molecule has 1 aliphatic heterocycles. The number of rotatable bonds is 6. The summed E-state index contributed by atoms with van der Waals surface area (Å²) in [6.45, 7) is 0. The van der Waals surface area contributed by atoms with Gasteiger partial charge < -0.3 is 4.74 Å². The van der Waals surface area contributed by atoms with Crippen LogP contribution in [0.4, 0.5) is 0 Å². The van der Waals surface area contributed by atoms with Crippen molar-refractivity contribution in [3.63, 3.8) is 0 Å². The van der Waals surface area contributed by atoms with Crippen molar-refractivity contribution in [1.82, 2.24) is 9.99 Å². The molecule has 2 heterocycles. The predicted octanol–water partition coefficient (Wildman–Crippen LogP) is 4.56. The number of methoxy groups -OCH3 is 1. The normalized spacial score (nSPS) is 15.8. The highest BCUT2D eigenvalue weighted by Crippen LogP contribution is 2.34. The van der Waals surface area contributed by atoms with Gasteiger partial charge in [-0.25, -0.2) is 9.99 Å². The molecular weight excluding hydrogens is 382 g/mol. The molecule has 1 aliphatic rings. The fourth-order valence-electron chi connectivity index (χ4n) is 3.27. The molecule has 0 aliphatic carbocycles.